The van der Waals surface area contributed by atoms with Gasteiger partial charge in [0.15, 0.2) is 17.5 Å². The molecule has 10 nitrogen and oxygen atoms in total. The largest absolute Gasteiger partial charge is 0.336 e. The molecule has 166 valence electrons. The van der Waals surface area contributed by atoms with Crippen molar-refractivity contribution in [3.8, 4) is 5.69 Å². The Morgan fingerprint density at radius 3 is 2.53 bits per heavy atom. The first-order valence-electron chi connectivity index (χ1n) is 9.52. The fourth-order valence-electron chi connectivity index (χ4n) is 3.39. The summed E-state index contributed by atoms with van der Waals surface area (Å²) in [7, 11) is 0. The van der Waals surface area contributed by atoms with Crippen molar-refractivity contribution >= 4 is 23.2 Å². The van der Waals surface area contributed by atoms with Crippen molar-refractivity contribution in [3.63, 3.8) is 0 Å². The van der Waals surface area contributed by atoms with Crippen LogP contribution in [-0.4, -0.2) is 67.0 Å². The molecule has 0 spiro atoms. The van der Waals surface area contributed by atoms with Gasteiger partial charge in [0, 0.05) is 44.4 Å². The van der Waals surface area contributed by atoms with Gasteiger partial charge in [-0.1, -0.05) is 11.6 Å². The number of nitrogens with zero attached hydrogens (tertiary/aromatic N) is 7. The van der Waals surface area contributed by atoms with Crippen LogP contribution in [0.25, 0.3) is 5.69 Å². The summed E-state index contributed by atoms with van der Waals surface area (Å²) in [5, 5.41) is 22.6. The zero-order valence-corrected chi connectivity index (χ0v) is 17.2. The highest BCUT2D eigenvalue weighted by Crippen LogP contribution is 2.24. The number of piperazine rings is 1. The minimum Gasteiger partial charge on any atom is -0.336 e. The molecule has 0 aliphatic carbocycles. The van der Waals surface area contributed by atoms with Crippen molar-refractivity contribution < 1.29 is 18.5 Å². The van der Waals surface area contributed by atoms with Gasteiger partial charge in [0.2, 0.25) is 0 Å². The number of carbonyl (C=O) groups is 1. The summed E-state index contributed by atoms with van der Waals surface area (Å²) in [6, 6.07) is 7.13. The number of aromatic nitrogens is 4. The van der Waals surface area contributed by atoms with E-state index in [4.69, 9.17) is 11.6 Å². The summed E-state index contributed by atoms with van der Waals surface area (Å²) in [4.78, 5) is 26.8. The summed E-state index contributed by atoms with van der Waals surface area (Å²) in [5.74, 6) is -1.92. The quantitative estimate of drug-likeness (QED) is 0.422. The first kappa shape index (κ1) is 21.7. The molecule has 1 aliphatic heterocycles. The minimum absolute atomic E-state index is 0.0802. The van der Waals surface area contributed by atoms with Crippen LogP contribution in [0.1, 0.15) is 16.2 Å². The van der Waals surface area contributed by atoms with Crippen molar-refractivity contribution in [3.05, 3.63) is 74.6 Å². The molecule has 0 atom stereocenters. The van der Waals surface area contributed by atoms with Gasteiger partial charge in [-0.25, -0.2) is 8.78 Å². The first-order valence-corrected chi connectivity index (χ1v) is 9.89. The zero-order valence-electron chi connectivity index (χ0n) is 16.5. The van der Waals surface area contributed by atoms with Gasteiger partial charge in [-0.3, -0.25) is 19.8 Å². The van der Waals surface area contributed by atoms with Crippen LogP contribution in [0.4, 0.5) is 14.5 Å². The van der Waals surface area contributed by atoms with Gasteiger partial charge in [-0.2, -0.15) is 4.68 Å². The molecule has 0 unspecified atom stereocenters. The third kappa shape index (κ3) is 4.41. The number of carbonyl (C=O) groups excluding carboxylic acids is 1. The van der Waals surface area contributed by atoms with Gasteiger partial charge < -0.3 is 4.90 Å². The van der Waals surface area contributed by atoms with Crippen LogP contribution < -0.4 is 0 Å². The lowest BCUT2D eigenvalue weighted by molar-refractivity contribution is -0.384. The number of hydrogen-bond donors (Lipinski definition) is 0. The first-order chi connectivity index (χ1) is 15.3. The number of benzene rings is 2. The third-order valence-corrected chi connectivity index (χ3v) is 5.43. The average Bonchev–Trinajstić information content (AvgIpc) is 3.24. The van der Waals surface area contributed by atoms with Crippen molar-refractivity contribution in [2.24, 2.45) is 0 Å². The van der Waals surface area contributed by atoms with E-state index >= 15 is 0 Å². The number of nitro groups is 1. The molecule has 0 radical (unpaired) electrons. The number of halogens is 3. The molecule has 1 fully saturated rings. The van der Waals surface area contributed by atoms with Crippen LogP contribution in [0.2, 0.25) is 5.02 Å². The lowest BCUT2D eigenvalue weighted by Gasteiger charge is -2.34. The van der Waals surface area contributed by atoms with Crippen LogP contribution >= 0.6 is 11.6 Å². The maximum atomic E-state index is 13.6. The van der Waals surface area contributed by atoms with Gasteiger partial charge in [-0.15, -0.1) is 5.10 Å². The number of hydrogen-bond acceptors (Lipinski definition) is 7. The van der Waals surface area contributed by atoms with E-state index in [9.17, 15) is 23.7 Å². The second kappa shape index (κ2) is 8.93. The number of rotatable bonds is 5. The van der Waals surface area contributed by atoms with E-state index in [1.54, 1.807) is 4.90 Å². The molecule has 2 aromatic carbocycles. The number of nitro benzene ring substituents is 1. The molecule has 4 rings (SSSR count). The predicted octanol–water partition coefficient (Wildman–Crippen LogP) is 2.46. The predicted molar refractivity (Wildman–Crippen MR) is 108 cm³/mol. The highest BCUT2D eigenvalue weighted by molar-refractivity contribution is 6.33. The van der Waals surface area contributed by atoms with Crippen molar-refractivity contribution in [2.75, 3.05) is 26.2 Å². The highest BCUT2D eigenvalue weighted by atomic mass is 35.5. The van der Waals surface area contributed by atoms with E-state index in [1.165, 1.54) is 28.9 Å². The Hall–Kier alpha value is -3.51. The van der Waals surface area contributed by atoms with E-state index in [1.807, 2.05) is 4.90 Å². The number of tetrazole rings is 1. The second-order valence-electron chi connectivity index (χ2n) is 7.09. The maximum Gasteiger partial charge on any atom is 0.270 e. The molecule has 1 amide bonds. The summed E-state index contributed by atoms with van der Waals surface area (Å²) in [6.07, 6.45) is 0. The van der Waals surface area contributed by atoms with E-state index in [2.05, 4.69) is 15.5 Å². The summed E-state index contributed by atoms with van der Waals surface area (Å²) >= 11 is 6.08. The van der Waals surface area contributed by atoms with Crippen LogP contribution in [0.15, 0.2) is 36.4 Å². The Morgan fingerprint density at radius 2 is 1.84 bits per heavy atom. The Morgan fingerprint density at radius 1 is 1.09 bits per heavy atom. The average molecular weight is 464 g/mol. The summed E-state index contributed by atoms with van der Waals surface area (Å²) in [5.41, 5.74) is 0.162. The molecule has 13 heteroatoms. The standard InChI is InChI=1S/C19H16ClF2N7O3/c20-15-3-1-13(29(31)32)9-14(15)19(30)27-7-5-26(6-8-27)11-18-23-24-25-28(18)12-2-4-16(21)17(22)10-12/h1-4,9-10H,5-8,11H2. The molecule has 1 saturated heterocycles. The fourth-order valence-corrected chi connectivity index (χ4v) is 3.59. The smallest absolute Gasteiger partial charge is 0.270 e. The Balaban J connectivity index is 1.42. The Labute approximate surface area is 185 Å². The van der Waals surface area contributed by atoms with E-state index < -0.39 is 16.6 Å². The van der Waals surface area contributed by atoms with Crippen LogP contribution in [0, 0.1) is 21.7 Å². The number of amides is 1. The molecule has 0 bridgehead atoms. The van der Waals surface area contributed by atoms with Gasteiger partial charge >= 0.3 is 0 Å². The fraction of sp³-hybridized carbons (Fsp3) is 0.263. The monoisotopic (exact) mass is 463 g/mol. The molecule has 2 heterocycles. The molecule has 0 N–H and O–H groups in total. The van der Waals surface area contributed by atoms with Gasteiger partial charge in [-0.05, 0) is 28.6 Å². The highest BCUT2D eigenvalue weighted by Gasteiger charge is 2.26. The molecule has 32 heavy (non-hydrogen) atoms. The van der Waals surface area contributed by atoms with Crippen molar-refractivity contribution in [1.29, 1.82) is 0 Å². The molecule has 1 aromatic heterocycles. The lowest BCUT2D eigenvalue weighted by atomic mass is 10.1. The molecule has 0 saturated carbocycles. The van der Waals surface area contributed by atoms with E-state index in [0.717, 1.165) is 12.1 Å². The summed E-state index contributed by atoms with van der Waals surface area (Å²) in [6.45, 7) is 2.03. The zero-order chi connectivity index (χ0) is 22.8. The maximum absolute atomic E-state index is 13.6. The van der Waals surface area contributed by atoms with Crippen LogP contribution in [0.3, 0.4) is 0 Å². The molecule has 3 aromatic rings. The SMILES string of the molecule is O=C(c1cc([N+](=O)[O-])ccc1Cl)N1CCN(Cc2nnnn2-c2ccc(F)c(F)c2)CC1. The van der Waals surface area contributed by atoms with E-state index in [0.29, 0.717) is 38.5 Å². The van der Waals surface area contributed by atoms with Crippen molar-refractivity contribution in [1.82, 2.24) is 30.0 Å². The Kier molecular flexibility index (Phi) is 6.06. The Bertz CT molecular complexity index is 1180. The minimum atomic E-state index is -1.00. The van der Waals surface area contributed by atoms with Gasteiger partial charge in [0.05, 0.1) is 27.7 Å². The van der Waals surface area contributed by atoms with Crippen molar-refractivity contribution in [2.45, 2.75) is 6.54 Å². The second-order valence-corrected chi connectivity index (χ2v) is 7.50. The third-order valence-electron chi connectivity index (χ3n) is 5.10. The van der Waals surface area contributed by atoms with Crippen LogP contribution in [0.5, 0.6) is 0 Å². The molecular formula is C19H16ClF2N7O3. The van der Waals surface area contributed by atoms with Gasteiger partial charge in [0.25, 0.3) is 11.6 Å². The van der Waals surface area contributed by atoms with Gasteiger partial charge in [0.1, 0.15) is 0 Å². The number of non-ortho nitro benzene ring substituents is 1. The van der Waals surface area contributed by atoms with E-state index in [-0.39, 0.29) is 27.9 Å². The summed E-state index contributed by atoms with van der Waals surface area (Å²) < 4.78 is 28.1. The topological polar surface area (TPSA) is 110 Å². The van der Waals surface area contributed by atoms with Crippen LogP contribution in [-0.2, 0) is 6.54 Å². The molecular weight excluding hydrogens is 448 g/mol. The lowest BCUT2D eigenvalue weighted by Crippen LogP contribution is -2.48. The normalized spacial score (nSPS) is 14.5. The molecule has 1 aliphatic rings.